The smallest absolute Gasteiger partial charge is 0.329 e. The summed E-state index contributed by atoms with van der Waals surface area (Å²) in [4.78, 5) is 37.0. The van der Waals surface area contributed by atoms with E-state index in [1.165, 1.54) is 6.21 Å². The van der Waals surface area contributed by atoms with Gasteiger partial charge in [-0.1, -0.05) is 42.8 Å². The Morgan fingerprint density at radius 1 is 0.846 bits per heavy atom. The van der Waals surface area contributed by atoms with Gasteiger partial charge in [0.1, 0.15) is 0 Å². The van der Waals surface area contributed by atoms with Gasteiger partial charge in [0.2, 0.25) is 0 Å². The van der Waals surface area contributed by atoms with Crippen LogP contribution in [0.25, 0.3) is 0 Å². The molecule has 39 heavy (non-hydrogen) atoms. The number of benzene rings is 3. The molecule has 0 bridgehead atoms. The molecule has 0 saturated heterocycles. The molecule has 0 aliphatic carbocycles. The molecule has 0 aliphatic heterocycles. The van der Waals surface area contributed by atoms with E-state index in [1.54, 1.807) is 30.3 Å². The summed E-state index contributed by atoms with van der Waals surface area (Å²) >= 11 is 0. The van der Waals surface area contributed by atoms with Crippen LogP contribution in [0.3, 0.4) is 0 Å². The number of nitrogens with zero attached hydrogens (tertiary/aromatic N) is 1. The number of anilines is 2. The summed E-state index contributed by atoms with van der Waals surface area (Å²) in [6.45, 7) is 9.87. The summed E-state index contributed by atoms with van der Waals surface area (Å²) < 4.78 is 11.4. The maximum Gasteiger partial charge on any atom is 0.329 e. The first-order chi connectivity index (χ1) is 18.7. The average molecular weight is 531 g/mol. The number of hydrogen-bond acceptors (Lipinski definition) is 6. The van der Waals surface area contributed by atoms with Crippen LogP contribution in [0.2, 0.25) is 0 Å². The van der Waals surface area contributed by atoms with E-state index in [0.717, 1.165) is 34.4 Å². The second-order valence-corrected chi connectivity index (χ2v) is 8.91. The first kappa shape index (κ1) is 28.9. The molecular formula is C30H34N4O5. The molecule has 0 fully saturated rings. The predicted octanol–water partition coefficient (Wildman–Crippen LogP) is 4.68. The zero-order valence-corrected chi connectivity index (χ0v) is 22.9. The van der Waals surface area contributed by atoms with E-state index in [4.69, 9.17) is 9.47 Å². The Hall–Kier alpha value is -4.66. The molecule has 0 aromatic heterocycles. The zero-order chi connectivity index (χ0) is 28.4. The number of carbonyl (C=O) groups is 3. The predicted molar refractivity (Wildman–Crippen MR) is 153 cm³/mol. The number of rotatable bonds is 10. The molecule has 0 heterocycles. The standard InChI is InChI=1S/C30H34N4O5/c1-6-23-10-8-9-11-24(23)32-29(36)30(37)34-31-17-22-12-13-25(26(16-22)38-7-2)39-18-27(35)33-28-20(4)14-19(3)15-21(28)5/h8-17H,6-7,18H2,1-5H3,(H,32,36)(H,33,35)(H,34,37)/b31-17-. The molecule has 0 radical (unpaired) electrons. The van der Waals surface area contributed by atoms with Crippen LogP contribution in [0, 0.1) is 20.8 Å². The molecular weight excluding hydrogens is 496 g/mol. The van der Waals surface area contributed by atoms with Crippen molar-refractivity contribution in [2.75, 3.05) is 23.8 Å². The number of para-hydroxylation sites is 1. The molecule has 3 N–H and O–H groups in total. The van der Waals surface area contributed by atoms with Gasteiger partial charge in [0.25, 0.3) is 5.91 Å². The van der Waals surface area contributed by atoms with Crippen LogP contribution in [0.1, 0.15) is 41.7 Å². The first-order valence-corrected chi connectivity index (χ1v) is 12.7. The van der Waals surface area contributed by atoms with Gasteiger partial charge in [-0.15, -0.1) is 0 Å². The summed E-state index contributed by atoms with van der Waals surface area (Å²) in [5.74, 6) is -1.20. The fraction of sp³-hybridized carbons (Fsp3) is 0.267. The highest BCUT2D eigenvalue weighted by Gasteiger charge is 2.15. The number of aryl methyl sites for hydroxylation is 4. The van der Waals surface area contributed by atoms with Crippen molar-refractivity contribution < 1.29 is 23.9 Å². The van der Waals surface area contributed by atoms with Crippen molar-refractivity contribution in [1.29, 1.82) is 0 Å². The van der Waals surface area contributed by atoms with Gasteiger partial charge in [-0.3, -0.25) is 14.4 Å². The van der Waals surface area contributed by atoms with Crippen molar-refractivity contribution in [2.45, 2.75) is 41.0 Å². The van der Waals surface area contributed by atoms with E-state index in [2.05, 4.69) is 21.2 Å². The summed E-state index contributed by atoms with van der Waals surface area (Å²) in [5, 5.41) is 9.38. The van der Waals surface area contributed by atoms with Crippen LogP contribution in [0.15, 0.2) is 59.7 Å². The Labute approximate surface area is 228 Å². The van der Waals surface area contributed by atoms with Crippen LogP contribution < -0.4 is 25.5 Å². The van der Waals surface area contributed by atoms with Crippen LogP contribution in [0.4, 0.5) is 11.4 Å². The minimum atomic E-state index is -0.896. The van der Waals surface area contributed by atoms with Gasteiger partial charge in [-0.2, -0.15) is 5.10 Å². The largest absolute Gasteiger partial charge is 0.490 e. The molecule has 3 aromatic carbocycles. The summed E-state index contributed by atoms with van der Waals surface area (Å²) in [6, 6.07) is 16.3. The Morgan fingerprint density at radius 3 is 2.26 bits per heavy atom. The number of ether oxygens (including phenoxy) is 2. The van der Waals surface area contributed by atoms with Gasteiger partial charge in [-0.25, -0.2) is 5.43 Å². The van der Waals surface area contributed by atoms with Gasteiger partial charge < -0.3 is 20.1 Å². The molecule has 3 amide bonds. The van der Waals surface area contributed by atoms with Crippen LogP contribution in [0.5, 0.6) is 11.5 Å². The van der Waals surface area contributed by atoms with Crippen LogP contribution >= 0.6 is 0 Å². The maximum absolute atomic E-state index is 12.6. The highest BCUT2D eigenvalue weighted by molar-refractivity contribution is 6.39. The summed E-state index contributed by atoms with van der Waals surface area (Å²) in [7, 11) is 0. The van der Waals surface area contributed by atoms with Gasteiger partial charge in [0.05, 0.1) is 12.8 Å². The van der Waals surface area contributed by atoms with Crippen molar-refractivity contribution in [2.24, 2.45) is 5.10 Å². The number of carbonyl (C=O) groups excluding carboxylic acids is 3. The monoisotopic (exact) mass is 530 g/mol. The average Bonchev–Trinajstić information content (AvgIpc) is 2.90. The molecule has 204 valence electrons. The maximum atomic E-state index is 12.6. The highest BCUT2D eigenvalue weighted by Crippen LogP contribution is 2.28. The highest BCUT2D eigenvalue weighted by atomic mass is 16.5. The molecule has 9 heteroatoms. The van der Waals surface area contributed by atoms with Gasteiger partial charge in [0, 0.05) is 11.4 Å². The Kier molecular flexibility index (Phi) is 10.2. The lowest BCUT2D eigenvalue weighted by molar-refractivity contribution is -0.136. The van der Waals surface area contributed by atoms with Gasteiger partial charge in [0.15, 0.2) is 18.1 Å². The molecule has 0 unspecified atom stereocenters. The molecule has 0 spiro atoms. The van der Waals surface area contributed by atoms with E-state index in [9.17, 15) is 14.4 Å². The number of hydrogen-bond donors (Lipinski definition) is 3. The molecule has 0 saturated carbocycles. The zero-order valence-electron chi connectivity index (χ0n) is 22.9. The minimum absolute atomic E-state index is 0.202. The summed E-state index contributed by atoms with van der Waals surface area (Å²) in [6.07, 6.45) is 2.10. The van der Waals surface area contributed by atoms with E-state index < -0.39 is 11.8 Å². The van der Waals surface area contributed by atoms with Crippen molar-refractivity contribution in [3.63, 3.8) is 0 Å². The lowest BCUT2D eigenvalue weighted by Gasteiger charge is -2.15. The topological polar surface area (TPSA) is 118 Å². The molecule has 3 aromatic rings. The number of hydrazone groups is 1. The Morgan fingerprint density at radius 2 is 1.56 bits per heavy atom. The van der Waals surface area contributed by atoms with Crippen LogP contribution in [-0.4, -0.2) is 37.1 Å². The van der Waals surface area contributed by atoms with E-state index in [0.29, 0.717) is 29.4 Å². The third kappa shape index (κ3) is 8.16. The van der Waals surface area contributed by atoms with Crippen molar-refractivity contribution in [3.8, 4) is 11.5 Å². The Balaban J connectivity index is 1.59. The van der Waals surface area contributed by atoms with Crippen molar-refractivity contribution in [3.05, 3.63) is 82.4 Å². The third-order valence-corrected chi connectivity index (χ3v) is 5.80. The van der Waals surface area contributed by atoms with Crippen molar-refractivity contribution in [1.82, 2.24) is 5.43 Å². The lowest BCUT2D eigenvalue weighted by Crippen LogP contribution is -2.32. The van der Waals surface area contributed by atoms with E-state index in [1.807, 2.05) is 58.9 Å². The minimum Gasteiger partial charge on any atom is -0.490 e. The normalized spacial score (nSPS) is 10.7. The lowest BCUT2D eigenvalue weighted by atomic mass is 10.1. The van der Waals surface area contributed by atoms with Crippen LogP contribution in [-0.2, 0) is 20.8 Å². The van der Waals surface area contributed by atoms with E-state index in [-0.39, 0.29) is 12.5 Å². The quantitative estimate of drug-likeness (QED) is 0.200. The van der Waals surface area contributed by atoms with Crippen molar-refractivity contribution >= 4 is 35.3 Å². The second kappa shape index (κ2) is 13.8. The Bertz CT molecular complexity index is 1360. The van der Waals surface area contributed by atoms with E-state index >= 15 is 0 Å². The molecule has 3 rings (SSSR count). The van der Waals surface area contributed by atoms with Gasteiger partial charge >= 0.3 is 11.8 Å². The SMILES string of the molecule is CCOc1cc(/C=N\NC(=O)C(=O)Nc2ccccc2CC)ccc1OCC(=O)Nc1c(C)cc(C)cc1C. The number of amides is 3. The fourth-order valence-corrected chi connectivity index (χ4v) is 4.03. The first-order valence-electron chi connectivity index (χ1n) is 12.7. The molecule has 9 nitrogen and oxygen atoms in total. The molecule has 0 aliphatic rings. The fourth-order valence-electron chi connectivity index (χ4n) is 4.03. The van der Waals surface area contributed by atoms with Gasteiger partial charge in [-0.05, 0) is 80.6 Å². The molecule has 0 atom stereocenters. The summed E-state index contributed by atoms with van der Waals surface area (Å²) in [5.41, 5.74) is 8.19. The number of nitrogens with one attached hydrogen (secondary N) is 3. The second-order valence-electron chi connectivity index (χ2n) is 8.91. The third-order valence-electron chi connectivity index (χ3n) is 5.80.